The number of carbonyl (C=O) groups excluding carboxylic acids is 1. The highest BCUT2D eigenvalue weighted by Crippen LogP contribution is 2.32. The van der Waals surface area contributed by atoms with Crippen LogP contribution in [0.2, 0.25) is 0 Å². The molecule has 0 atom stereocenters. The molecule has 0 aliphatic carbocycles. The van der Waals surface area contributed by atoms with E-state index in [0.717, 1.165) is 16.5 Å². The molecule has 26 heavy (non-hydrogen) atoms. The number of piperazine rings is 1. The van der Waals surface area contributed by atoms with Gasteiger partial charge in [-0.05, 0) is 38.0 Å². The van der Waals surface area contributed by atoms with E-state index in [0.29, 0.717) is 50.5 Å². The van der Waals surface area contributed by atoms with Crippen LogP contribution in [-0.2, 0) is 11.3 Å². The number of aromatic hydroxyl groups is 1. The van der Waals surface area contributed by atoms with Crippen LogP contribution >= 0.6 is 0 Å². The zero-order valence-electron chi connectivity index (χ0n) is 15.4. The third-order valence-electron chi connectivity index (χ3n) is 4.77. The molecule has 7 nitrogen and oxygen atoms in total. The van der Waals surface area contributed by atoms with Crippen LogP contribution in [0.5, 0.6) is 5.75 Å². The Morgan fingerprint density at radius 3 is 2.50 bits per heavy atom. The van der Waals surface area contributed by atoms with Crippen molar-refractivity contribution in [2.45, 2.75) is 27.3 Å². The lowest BCUT2D eigenvalue weighted by molar-refractivity contribution is 0.0776. The molecule has 1 saturated heterocycles. The Kier molecular flexibility index (Phi) is 5.18. The average molecular weight is 360 g/mol. The highest BCUT2D eigenvalue weighted by molar-refractivity contribution is 5.88. The summed E-state index contributed by atoms with van der Waals surface area (Å²) in [7, 11) is 0. The number of hydrogen-bond acceptors (Lipinski definition) is 6. The third kappa shape index (κ3) is 3.53. The Morgan fingerprint density at radius 2 is 1.85 bits per heavy atom. The van der Waals surface area contributed by atoms with E-state index in [-0.39, 0.29) is 11.8 Å². The number of carbonyl (C=O) groups is 1. The molecule has 0 bridgehead atoms. The summed E-state index contributed by atoms with van der Waals surface area (Å²) in [6, 6.07) is 3.17. The van der Waals surface area contributed by atoms with Crippen LogP contribution in [0.15, 0.2) is 21.3 Å². The number of amides is 1. The summed E-state index contributed by atoms with van der Waals surface area (Å²) in [6.07, 6.45) is -0.294. The van der Waals surface area contributed by atoms with Gasteiger partial charge in [-0.15, -0.1) is 0 Å². The average Bonchev–Trinajstić information content (AvgIpc) is 2.58. The fourth-order valence-electron chi connectivity index (χ4n) is 3.47. The van der Waals surface area contributed by atoms with E-state index in [4.69, 9.17) is 9.15 Å². The summed E-state index contributed by atoms with van der Waals surface area (Å²) in [5.74, 6) is 0.122. The summed E-state index contributed by atoms with van der Waals surface area (Å²) in [5.41, 5.74) is 2.33. The number of benzene rings is 1. The van der Waals surface area contributed by atoms with Crippen molar-refractivity contribution in [2.75, 3.05) is 32.8 Å². The molecule has 140 valence electrons. The topological polar surface area (TPSA) is 83.2 Å². The van der Waals surface area contributed by atoms with Crippen LogP contribution in [0.1, 0.15) is 23.6 Å². The zero-order chi connectivity index (χ0) is 18.8. The first-order valence-corrected chi connectivity index (χ1v) is 8.80. The Bertz CT molecular complexity index is 882. The molecule has 1 amide bonds. The molecule has 1 aliphatic rings. The molecule has 1 aromatic carbocycles. The number of ether oxygens (including phenoxy) is 1. The van der Waals surface area contributed by atoms with Crippen molar-refractivity contribution < 1.29 is 19.1 Å². The molecular weight excluding hydrogens is 336 g/mol. The van der Waals surface area contributed by atoms with Crippen molar-refractivity contribution in [3.05, 3.63) is 39.2 Å². The summed E-state index contributed by atoms with van der Waals surface area (Å²) in [4.78, 5) is 27.4. The Morgan fingerprint density at radius 1 is 1.19 bits per heavy atom. The number of rotatable bonds is 3. The zero-order valence-corrected chi connectivity index (χ0v) is 15.4. The standard InChI is InChI=1S/C19H24N2O5/c1-4-25-19(24)21-7-5-20(6-8-21)11-14-15(22)9-12(2)17-13(3)10-16(23)26-18(14)17/h9-10,22H,4-8,11H2,1-3H3. The van der Waals surface area contributed by atoms with E-state index < -0.39 is 5.63 Å². The normalized spacial score (nSPS) is 15.4. The molecular formula is C19H24N2O5. The maximum absolute atomic E-state index is 11.8. The van der Waals surface area contributed by atoms with E-state index >= 15 is 0 Å². The van der Waals surface area contributed by atoms with Crippen molar-refractivity contribution in [3.63, 3.8) is 0 Å². The molecule has 3 rings (SSSR count). The van der Waals surface area contributed by atoms with Crippen LogP contribution in [-0.4, -0.2) is 53.8 Å². The fourth-order valence-corrected chi connectivity index (χ4v) is 3.47. The van der Waals surface area contributed by atoms with Gasteiger partial charge in [-0.3, -0.25) is 4.90 Å². The Hall–Kier alpha value is -2.54. The fraction of sp³-hybridized carbons (Fsp3) is 0.474. The SMILES string of the molecule is CCOC(=O)N1CCN(Cc2c(O)cc(C)c3c(C)cc(=O)oc23)CC1. The highest BCUT2D eigenvalue weighted by Gasteiger charge is 2.24. The minimum atomic E-state index is -0.423. The van der Waals surface area contributed by atoms with Gasteiger partial charge in [0.05, 0.1) is 12.2 Å². The number of phenols is 1. The Labute approximate surface area is 151 Å². The first-order chi connectivity index (χ1) is 12.4. The lowest BCUT2D eigenvalue weighted by Crippen LogP contribution is -2.48. The van der Waals surface area contributed by atoms with Gasteiger partial charge in [0, 0.05) is 44.2 Å². The molecule has 2 aromatic rings. The largest absolute Gasteiger partial charge is 0.507 e. The number of hydrogen-bond donors (Lipinski definition) is 1. The molecule has 1 aromatic heterocycles. The first-order valence-electron chi connectivity index (χ1n) is 8.80. The highest BCUT2D eigenvalue weighted by atomic mass is 16.6. The van der Waals surface area contributed by atoms with E-state index in [1.807, 2.05) is 13.8 Å². The van der Waals surface area contributed by atoms with Gasteiger partial charge in [0.2, 0.25) is 0 Å². The van der Waals surface area contributed by atoms with Crippen molar-refractivity contribution in [3.8, 4) is 5.75 Å². The lowest BCUT2D eigenvalue weighted by atomic mass is 10.0. The van der Waals surface area contributed by atoms with Crippen LogP contribution in [0, 0.1) is 13.8 Å². The smallest absolute Gasteiger partial charge is 0.409 e. The minimum absolute atomic E-state index is 0.122. The van der Waals surface area contributed by atoms with Crippen LogP contribution in [0.4, 0.5) is 4.79 Å². The first kappa shape index (κ1) is 18.3. The number of phenolic OH excluding ortho intramolecular Hbond substituents is 1. The second-order valence-electron chi connectivity index (χ2n) is 6.61. The second kappa shape index (κ2) is 7.37. The monoisotopic (exact) mass is 360 g/mol. The van der Waals surface area contributed by atoms with Crippen LogP contribution in [0.25, 0.3) is 11.0 Å². The van der Waals surface area contributed by atoms with Gasteiger partial charge in [0.25, 0.3) is 0 Å². The second-order valence-corrected chi connectivity index (χ2v) is 6.61. The van der Waals surface area contributed by atoms with Crippen LogP contribution in [0.3, 0.4) is 0 Å². The molecule has 0 unspecified atom stereocenters. The maximum atomic E-state index is 11.8. The van der Waals surface area contributed by atoms with Gasteiger partial charge in [-0.1, -0.05) is 0 Å². The van der Waals surface area contributed by atoms with Gasteiger partial charge in [0.15, 0.2) is 0 Å². The minimum Gasteiger partial charge on any atom is -0.507 e. The van der Waals surface area contributed by atoms with Gasteiger partial charge < -0.3 is 19.2 Å². The predicted octanol–water partition coefficient (Wildman–Crippen LogP) is 2.39. The van der Waals surface area contributed by atoms with Crippen molar-refractivity contribution in [1.82, 2.24) is 9.80 Å². The predicted molar refractivity (Wildman–Crippen MR) is 97.5 cm³/mol. The summed E-state index contributed by atoms with van der Waals surface area (Å²) in [5, 5.41) is 11.3. The molecule has 7 heteroatoms. The van der Waals surface area contributed by atoms with Crippen molar-refractivity contribution >= 4 is 17.1 Å². The molecule has 0 radical (unpaired) electrons. The molecule has 2 heterocycles. The van der Waals surface area contributed by atoms with Crippen molar-refractivity contribution in [2.24, 2.45) is 0 Å². The summed E-state index contributed by atoms with van der Waals surface area (Å²) >= 11 is 0. The maximum Gasteiger partial charge on any atom is 0.409 e. The van der Waals surface area contributed by atoms with E-state index in [1.54, 1.807) is 17.9 Å². The van der Waals surface area contributed by atoms with Crippen LogP contribution < -0.4 is 5.63 Å². The number of nitrogens with zero attached hydrogens (tertiary/aromatic N) is 2. The molecule has 1 aliphatic heterocycles. The van der Waals surface area contributed by atoms with Gasteiger partial charge in [-0.25, -0.2) is 9.59 Å². The summed E-state index contributed by atoms with van der Waals surface area (Å²) < 4.78 is 10.5. The summed E-state index contributed by atoms with van der Waals surface area (Å²) in [6.45, 7) is 8.79. The number of fused-ring (bicyclic) bond motifs is 1. The number of aryl methyl sites for hydroxylation is 2. The molecule has 0 saturated carbocycles. The molecule has 1 fully saturated rings. The van der Waals surface area contributed by atoms with Crippen molar-refractivity contribution in [1.29, 1.82) is 0 Å². The van der Waals surface area contributed by atoms with Gasteiger partial charge in [0.1, 0.15) is 11.3 Å². The lowest BCUT2D eigenvalue weighted by Gasteiger charge is -2.34. The quantitative estimate of drug-likeness (QED) is 0.846. The molecule has 1 N–H and O–H groups in total. The Balaban J connectivity index is 1.84. The molecule has 0 spiro atoms. The van der Waals surface area contributed by atoms with E-state index in [2.05, 4.69) is 4.90 Å². The van der Waals surface area contributed by atoms with E-state index in [9.17, 15) is 14.7 Å². The third-order valence-corrected chi connectivity index (χ3v) is 4.77. The van der Waals surface area contributed by atoms with E-state index in [1.165, 1.54) is 6.07 Å². The van der Waals surface area contributed by atoms with Gasteiger partial charge in [-0.2, -0.15) is 0 Å². The van der Waals surface area contributed by atoms with Gasteiger partial charge >= 0.3 is 11.7 Å².